The van der Waals surface area contributed by atoms with Crippen LogP contribution in [0.1, 0.15) is 24.7 Å². The van der Waals surface area contributed by atoms with E-state index in [2.05, 4.69) is 32.9 Å². The Balaban J connectivity index is 2.06. The summed E-state index contributed by atoms with van der Waals surface area (Å²) >= 11 is 3.58. The molecule has 5 heteroatoms. The van der Waals surface area contributed by atoms with Gasteiger partial charge in [-0.2, -0.15) is 5.10 Å². The molecule has 1 aromatic rings. The Hall–Kier alpha value is -0.390. The van der Waals surface area contributed by atoms with Crippen molar-refractivity contribution in [2.45, 2.75) is 32.9 Å². The molecule has 0 aromatic carbocycles. The Labute approximate surface area is 111 Å². The quantitative estimate of drug-likeness (QED) is 0.904. The van der Waals surface area contributed by atoms with Gasteiger partial charge in [-0.05, 0) is 41.7 Å². The molecule has 2 rings (SSSR count). The first kappa shape index (κ1) is 13.1. The summed E-state index contributed by atoms with van der Waals surface area (Å²) in [5.41, 5.74) is 2.21. The van der Waals surface area contributed by atoms with Crippen LogP contribution in [0.5, 0.6) is 0 Å². The van der Waals surface area contributed by atoms with Crippen molar-refractivity contribution in [2.75, 3.05) is 13.1 Å². The Morgan fingerprint density at radius 3 is 2.76 bits per heavy atom. The average molecular weight is 302 g/mol. The summed E-state index contributed by atoms with van der Waals surface area (Å²) < 4.78 is 3.01. The summed E-state index contributed by atoms with van der Waals surface area (Å²) in [5.74, 6) is 0.419. The number of likely N-dealkylation sites (tertiary alicyclic amines) is 1. The van der Waals surface area contributed by atoms with E-state index in [4.69, 9.17) is 0 Å². The number of aryl methyl sites for hydroxylation is 2. The lowest BCUT2D eigenvalue weighted by atomic mass is 9.96. The fraction of sp³-hybridized carbons (Fsp3) is 0.750. The minimum absolute atomic E-state index is 0.197. The highest BCUT2D eigenvalue weighted by atomic mass is 79.9. The van der Waals surface area contributed by atoms with E-state index in [1.807, 2.05) is 18.7 Å². The largest absolute Gasteiger partial charge is 0.392 e. The lowest BCUT2D eigenvalue weighted by Gasteiger charge is -2.34. The molecular formula is C12H20BrN3O. The molecule has 2 unspecified atom stereocenters. The zero-order valence-electron chi connectivity index (χ0n) is 10.6. The number of aromatic nitrogens is 2. The summed E-state index contributed by atoms with van der Waals surface area (Å²) in [6.07, 6.45) is 0.868. The van der Waals surface area contributed by atoms with E-state index in [1.165, 1.54) is 5.69 Å². The molecule has 0 radical (unpaired) electrons. The predicted octanol–water partition coefficient (Wildman–Crippen LogP) is 1.69. The number of β-amino-alcohol motifs (C(OH)–C–C–N with tert-alkyl or cyclic N) is 1. The number of piperidine rings is 1. The van der Waals surface area contributed by atoms with Crippen LogP contribution in [0.15, 0.2) is 4.47 Å². The van der Waals surface area contributed by atoms with Crippen molar-refractivity contribution in [1.29, 1.82) is 0 Å². The number of rotatable bonds is 2. The van der Waals surface area contributed by atoms with Crippen LogP contribution in [0.4, 0.5) is 0 Å². The number of hydrogen-bond acceptors (Lipinski definition) is 3. The first-order valence-electron chi connectivity index (χ1n) is 6.07. The summed E-state index contributed by atoms with van der Waals surface area (Å²) in [6.45, 7) is 6.78. The Bertz CT molecular complexity index is 405. The molecule has 0 spiro atoms. The topological polar surface area (TPSA) is 41.3 Å². The highest BCUT2D eigenvalue weighted by Gasteiger charge is 2.25. The third-order valence-corrected chi connectivity index (χ3v) is 4.67. The van der Waals surface area contributed by atoms with E-state index < -0.39 is 0 Å². The van der Waals surface area contributed by atoms with Crippen LogP contribution < -0.4 is 0 Å². The van der Waals surface area contributed by atoms with Crippen LogP contribution in [0.3, 0.4) is 0 Å². The Morgan fingerprint density at radius 2 is 2.24 bits per heavy atom. The molecule has 1 N–H and O–H groups in total. The first-order chi connectivity index (χ1) is 7.99. The van der Waals surface area contributed by atoms with Crippen molar-refractivity contribution >= 4 is 15.9 Å². The summed E-state index contributed by atoms with van der Waals surface area (Å²) in [7, 11) is 1.97. The molecule has 17 heavy (non-hydrogen) atoms. The van der Waals surface area contributed by atoms with Gasteiger partial charge in [0.1, 0.15) is 0 Å². The maximum atomic E-state index is 9.89. The number of nitrogens with zero attached hydrogens (tertiary/aromatic N) is 3. The fourth-order valence-electron chi connectivity index (χ4n) is 2.32. The average Bonchev–Trinajstić information content (AvgIpc) is 2.50. The van der Waals surface area contributed by atoms with Crippen molar-refractivity contribution in [2.24, 2.45) is 13.0 Å². The molecule has 0 bridgehead atoms. The second-order valence-corrected chi connectivity index (χ2v) is 5.83. The minimum atomic E-state index is -0.197. The zero-order valence-corrected chi connectivity index (χ0v) is 12.2. The van der Waals surface area contributed by atoms with Crippen molar-refractivity contribution in [1.82, 2.24) is 14.7 Å². The highest BCUT2D eigenvalue weighted by molar-refractivity contribution is 9.10. The lowest BCUT2D eigenvalue weighted by molar-refractivity contribution is 0.0249. The molecule has 0 saturated carbocycles. The standard InChI is InChI=1S/C12H20BrN3O/c1-8-4-5-16(7-11(8)17)6-10-12(13)9(2)14-15(10)3/h8,11,17H,4-7H2,1-3H3. The van der Waals surface area contributed by atoms with Crippen molar-refractivity contribution < 1.29 is 5.11 Å². The van der Waals surface area contributed by atoms with E-state index in [1.54, 1.807) is 0 Å². The van der Waals surface area contributed by atoms with Crippen LogP contribution >= 0.6 is 15.9 Å². The first-order valence-corrected chi connectivity index (χ1v) is 6.86. The SMILES string of the molecule is Cc1nn(C)c(CN2CCC(C)C(O)C2)c1Br. The zero-order chi connectivity index (χ0) is 12.6. The third kappa shape index (κ3) is 2.72. The Kier molecular flexibility index (Phi) is 3.90. The van der Waals surface area contributed by atoms with Crippen LogP contribution in [0.25, 0.3) is 0 Å². The molecule has 4 nitrogen and oxygen atoms in total. The third-order valence-electron chi connectivity index (χ3n) is 3.64. The van der Waals surface area contributed by atoms with Crippen LogP contribution in [-0.2, 0) is 13.6 Å². The monoisotopic (exact) mass is 301 g/mol. The predicted molar refractivity (Wildman–Crippen MR) is 70.7 cm³/mol. The van der Waals surface area contributed by atoms with Gasteiger partial charge in [0.2, 0.25) is 0 Å². The van der Waals surface area contributed by atoms with Gasteiger partial charge in [-0.25, -0.2) is 0 Å². The molecule has 1 aromatic heterocycles. The molecule has 0 amide bonds. The highest BCUT2D eigenvalue weighted by Crippen LogP contribution is 2.24. The number of aliphatic hydroxyl groups is 1. The normalized spacial score (nSPS) is 26.4. The molecule has 1 aliphatic heterocycles. The number of aliphatic hydroxyl groups excluding tert-OH is 1. The molecule has 1 fully saturated rings. The maximum absolute atomic E-state index is 9.89. The van der Waals surface area contributed by atoms with E-state index in [0.717, 1.165) is 36.2 Å². The Morgan fingerprint density at radius 1 is 1.53 bits per heavy atom. The molecule has 0 aliphatic carbocycles. The van der Waals surface area contributed by atoms with Gasteiger partial charge < -0.3 is 5.11 Å². The van der Waals surface area contributed by atoms with E-state index >= 15 is 0 Å². The second-order valence-electron chi connectivity index (χ2n) is 5.04. The van der Waals surface area contributed by atoms with Gasteiger partial charge in [0, 0.05) is 20.1 Å². The summed E-state index contributed by atoms with van der Waals surface area (Å²) in [5, 5.41) is 14.3. The fourth-order valence-corrected chi connectivity index (χ4v) is 2.78. The second kappa shape index (κ2) is 5.08. The van der Waals surface area contributed by atoms with Crippen LogP contribution in [0.2, 0.25) is 0 Å². The molecule has 96 valence electrons. The van der Waals surface area contributed by atoms with Gasteiger partial charge in [-0.15, -0.1) is 0 Å². The lowest BCUT2D eigenvalue weighted by Crippen LogP contribution is -2.42. The van der Waals surface area contributed by atoms with Crippen molar-refractivity contribution in [3.8, 4) is 0 Å². The number of halogens is 1. The van der Waals surface area contributed by atoms with Gasteiger partial charge in [-0.1, -0.05) is 6.92 Å². The van der Waals surface area contributed by atoms with Gasteiger partial charge in [0.25, 0.3) is 0 Å². The van der Waals surface area contributed by atoms with Gasteiger partial charge in [0.05, 0.1) is 22.0 Å². The minimum Gasteiger partial charge on any atom is -0.392 e. The van der Waals surface area contributed by atoms with E-state index in [-0.39, 0.29) is 6.10 Å². The van der Waals surface area contributed by atoms with Crippen LogP contribution in [0, 0.1) is 12.8 Å². The number of hydrogen-bond donors (Lipinski definition) is 1. The molecular weight excluding hydrogens is 282 g/mol. The van der Waals surface area contributed by atoms with Crippen molar-refractivity contribution in [3.05, 3.63) is 15.9 Å². The van der Waals surface area contributed by atoms with E-state index in [0.29, 0.717) is 5.92 Å². The molecule has 1 saturated heterocycles. The van der Waals surface area contributed by atoms with Gasteiger partial charge >= 0.3 is 0 Å². The molecule has 1 aliphatic rings. The smallest absolute Gasteiger partial charge is 0.0739 e. The van der Waals surface area contributed by atoms with Crippen LogP contribution in [-0.4, -0.2) is 39.0 Å². The van der Waals surface area contributed by atoms with Gasteiger partial charge in [0.15, 0.2) is 0 Å². The molecule has 2 heterocycles. The summed E-state index contributed by atoms with van der Waals surface area (Å²) in [4.78, 5) is 2.30. The maximum Gasteiger partial charge on any atom is 0.0739 e. The van der Waals surface area contributed by atoms with Gasteiger partial charge in [-0.3, -0.25) is 9.58 Å². The van der Waals surface area contributed by atoms with Crippen molar-refractivity contribution in [3.63, 3.8) is 0 Å². The molecule has 2 atom stereocenters. The summed E-state index contributed by atoms with van der Waals surface area (Å²) in [6, 6.07) is 0. The van der Waals surface area contributed by atoms with E-state index in [9.17, 15) is 5.11 Å².